The highest BCUT2D eigenvalue weighted by atomic mass is 79.9. The van der Waals surface area contributed by atoms with Gasteiger partial charge in [0, 0.05) is 11.0 Å². The van der Waals surface area contributed by atoms with Crippen molar-refractivity contribution in [1.29, 1.82) is 0 Å². The van der Waals surface area contributed by atoms with E-state index in [1.165, 1.54) is 15.6 Å². The van der Waals surface area contributed by atoms with Crippen LogP contribution in [-0.2, 0) is 0 Å². The van der Waals surface area contributed by atoms with Crippen molar-refractivity contribution >= 4 is 15.9 Å². The van der Waals surface area contributed by atoms with E-state index in [9.17, 15) is 0 Å². The Morgan fingerprint density at radius 1 is 1.19 bits per heavy atom. The smallest absolute Gasteiger partial charge is 0.119 e. The molecule has 0 aliphatic rings. The van der Waals surface area contributed by atoms with E-state index in [2.05, 4.69) is 60.9 Å². The summed E-state index contributed by atoms with van der Waals surface area (Å²) in [7, 11) is 4.15. The fourth-order valence-corrected chi connectivity index (χ4v) is 1.79. The van der Waals surface area contributed by atoms with Crippen LogP contribution in [0.5, 0.6) is 5.75 Å². The van der Waals surface area contributed by atoms with Crippen LogP contribution in [-0.4, -0.2) is 32.1 Å². The Morgan fingerprint density at radius 2 is 1.75 bits per heavy atom. The van der Waals surface area contributed by atoms with E-state index in [-0.39, 0.29) is 0 Å². The topological polar surface area (TPSA) is 12.5 Å². The van der Waals surface area contributed by atoms with Crippen LogP contribution in [0.4, 0.5) is 0 Å². The number of nitrogens with zero attached hydrogens (tertiary/aromatic N) is 1. The number of rotatable bonds is 5. The molecule has 0 aliphatic carbocycles. The zero-order valence-corrected chi connectivity index (χ0v) is 12.1. The van der Waals surface area contributed by atoms with Gasteiger partial charge in [0.2, 0.25) is 0 Å². The fraction of sp³-hybridized carbons (Fsp3) is 0.538. The highest BCUT2D eigenvalue weighted by molar-refractivity contribution is 9.10. The first-order valence-corrected chi connectivity index (χ1v) is 6.34. The molecule has 0 aromatic heterocycles. The minimum atomic E-state index is 0.776. The zero-order chi connectivity index (χ0) is 12.1. The SMILES string of the molecule is Cc1cc(OCCCN(C)C)cc(C)c1Br. The molecule has 3 heteroatoms. The Balaban J connectivity index is 2.49. The van der Waals surface area contributed by atoms with Crippen molar-refractivity contribution < 1.29 is 4.74 Å². The number of halogens is 1. The van der Waals surface area contributed by atoms with Crippen LogP contribution in [0, 0.1) is 13.8 Å². The molecule has 0 saturated carbocycles. The maximum Gasteiger partial charge on any atom is 0.119 e. The molecule has 0 spiro atoms. The number of aryl methyl sites for hydroxylation is 2. The van der Waals surface area contributed by atoms with Gasteiger partial charge in [-0.3, -0.25) is 0 Å². The fourth-order valence-electron chi connectivity index (χ4n) is 1.56. The molecule has 0 heterocycles. The molecule has 0 amide bonds. The molecule has 1 aromatic rings. The molecular weight excluding hydrogens is 266 g/mol. The Morgan fingerprint density at radius 3 is 2.25 bits per heavy atom. The van der Waals surface area contributed by atoms with E-state index in [0.29, 0.717) is 0 Å². The summed E-state index contributed by atoms with van der Waals surface area (Å²) < 4.78 is 6.90. The van der Waals surface area contributed by atoms with Gasteiger partial charge < -0.3 is 9.64 Å². The van der Waals surface area contributed by atoms with Crippen molar-refractivity contribution in [2.75, 3.05) is 27.2 Å². The third-order valence-corrected chi connectivity index (χ3v) is 3.68. The van der Waals surface area contributed by atoms with Crippen LogP contribution in [0.1, 0.15) is 17.5 Å². The zero-order valence-electron chi connectivity index (χ0n) is 10.5. The lowest BCUT2D eigenvalue weighted by Gasteiger charge is -2.12. The Kier molecular flexibility index (Phi) is 5.29. The quantitative estimate of drug-likeness (QED) is 0.769. The molecule has 0 fully saturated rings. The normalized spacial score (nSPS) is 10.9. The molecule has 0 unspecified atom stereocenters. The second-order valence-corrected chi connectivity index (χ2v) is 5.17. The number of ether oxygens (including phenoxy) is 1. The largest absolute Gasteiger partial charge is 0.494 e. The van der Waals surface area contributed by atoms with Gasteiger partial charge in [-0.05, 0) is 57.6 Å². The van der Waals surface area contributed by atoms with Crippen LogP contribution in [0.15, 0.2) is 16.6 Å². The maximum atomic E-state index is 5.73. The molecule has 0 atom stereocenters. The van der Waals surface area contributed by atoms with Crippen LogP contribution in [0.25, 0.3) is 0 Å². The van der Waals surface area contributed by atoms with E-state index in [1.807, 2.05) is 0 Å². The summed E-state index contributed by atoms with van der Waals surface area (Å²) in [6.45, 7) is 6.01. The second-order valence-electron chi connectivity index (χ2n) is 4.38. The van der Waals surface area contributed by atoms with E-state index in [0.717, 1.165) is 25.3 Å². The van der Waals surface area contributed by atoms with E-state index in [1.54, 1.807) is 0 Å². The Hall–Kier alpha value is -0.540. The highest BCUT2D eigenvalue weighted by Crippen LogP contribution is 2.26. The van der Waals surface area contributed by atoms with E-state index < -0.39 is 0 Å². The number of hydrogen-bond acceptors (Lipinski definition) is 2. The van der Waals surface area contributed by atoms with E-state index >= 15 is 0 Å². The molecule has 0 N–H and O–H groups in total. The van der Waals surface area contributed by atoms with Crippen molar-refractivity contribution in [2.24, 2.45) is 0 Å². The minimum Gasteiger partial charge on any atom is -0.494 e. The van der Waals surface area contributed by atoms with Gasteiger partial charge in [-0.15, -0.1) is 0 Å². The summed E-state index contributed by atoms with van der Waals surface area (Å²) in [4.78, 5) is 2.17. The predicted molar refractivity (Wildman–Crippen MR) is 72.3 cm³/mol. The van der Waals surface area contributed by atoms with Crippen molar-refractivity contribution in [3.8, 4) is 5.75 Å². The molecule has 0 saturated heterocycles. The second kappa shape index (κ2) is 6.26. The summed E-state index contributed by atoms with van der Waals surface area (Å²) >= 11 is 3.55. The summed E-state index contributed by atoms with van der Waals surface area (Å²) in [6, 6.07) is 4.15. The maximum absolute atomic E-state index is 5.73. The van der Waals surface area contributed by atoms with Gasteiger partial charge in [0.15, 0.2) is 0 Å². The first-order valence-electron chi connectivity index (χ1n) is 5.55. The Bertz CT molecular complexity index is 327. The average Bonchev–Trinajstić information content (AvgIpc) is 2.20. The molecule has 2 nitrogen and oxygen atoms in total. The Labute approximate surface area is 107 Å². The van der Waals surface area contributed by atoms with Gasteiger partial charge in [-0.1, -0.05) is 15.9 Å². The van der Waals surface area contributed by atoms with Crippen molar-refractivity contribution in [1.82, 2.24) is 4.90 Å². The van der Waals surface area contributed by atoms with Gasteiger partial charge in [-0.2, -0.15) is 0 Å². The monoisotopic (exact) mass is 285 g/mol. The summed E-state index contributed by atoms with van der Waals surface area (Å²) in [5, 5.41) is 0. The van der Waals surface area contributed by atoms with Crippen molar-refractivity contribution in [3.05, 3.63) is 27.7 Å². The lowest BCUT2D eigenvalue weighted by atomic mass is 10.1. The molecule has 0 aliphatic heterocycles. The van der Waals surface area contributed by atoms with Gasteiger partial charge in [0.25, 0.3) is 0 Å². The third-order valence-electron chi connectivity index (χ3n) is 2.43. The highest BCUT2D eigenvalue weighted by Gasteiger charge is 2.02. The lowest BCUT2D eigenvalue weighted by molar-refractivity contribution is 0.281. The van der Waals surface area contributed by atoms with Crippen LogP contribution in [0.2, 0.25) is 0 Å². The van der Waals surface area contributed by atoms with Crippen LogP contribution < -0.4 is 4.74 Å². The molecule has 0 bridgehead atoms. The first kappa shape index (κ1) is 13.5. The molecule has 1 rings (SSSR count). The predicted octanol–water partition coefficient (Wildman–Crippen LogP) is 3.40. The number of hydrogen-bond donors (Lipinski definition) is 0. The first-order chi connectivity index (χ1) is 7.50. The summed E-state index contributed by atoms with van der Waals surface area (Å²) in [5.41, 5.74) is 2.45. The van der Waals surface area contributed by atoms with Gasteiger partial charge in [0.1, 0.15) is 5.75 Å². The molecular formula is C13H20BrNO. The minimum absolute atomic E-state index is 0.776. The van der Waals surface area contributed by atoms with Crippen LogP contribution in [0.3, 0.4) is 0 Å². The standard InChI is InChI=1S/C13H20BrNO/c1-10-8-12(9-11(2)13(10)14)16-7-5-6-15(3)4/h8-9H,5-7H2,1-4H3. The van der Waals surface area contributed by atoms with E-state index in [4.69, 9.17) is 4.74 Å². The number of benzene rings is 1. The summed E-state index contributed by atoms with van der Waals surface area (Å²) in [6.07, 6.45) is 1.06. The van der Waals surface area contributed by atoms with Crippen LogP contribution >= 0.6 is 15.9 Å². The van der Waals surface area contributed by atoms with Gasteiger partial charge in [0.05, 0.1) is 6.61 Å². The average molecular weight is 286 g/mol. The molecule has 1 aromatic carbocycles. The molecule has 16 heavy (non-hydrogen) atoms. The summed E-state index contributed by atoms with van der Waals surface area (Å²) in [5.74, 6) is 0.969. The molecule has 90 valence electrons. The third kappa shape index (κ3) is 4.14. The van der Waals surface area contributed by atoms with Gasteiger partial charge in [-0.25, -0.2) is 0 Å². The molecule has 0 radical (unpaired) electrons. The van der Waals surface area contributed by atoms with Crippen molar-refractivity contribution in [3.63, 3.8) is 0 Å². The van der Waals surface area contributed by atoms with Crippen molar-refractivity contribution in [2.45, 2.75) is 20.3 Å². The van der Waals surface area contributed by atoms with Gasteiger partial charge >= 0.3 is 0 Å². The lowest BCUT2D eigenvalue weighted by Crippen LogP contribution is -2.15.